The molecule has 4 amide bonds. The minimum absolute atomic E-state index is 0.0283. The summed E-state index contributed by atoms with van der Waals surface area (Å²) in [7, 11) is 0. The number of amides is 4. The van der Waals surface area contributed by atoms with Crippen molar-refractivity contribution >= 4 is 29.6 Å². The van der Waals surface area contributed by atoms with Gasteiger partial charge in [-0.1, -0.05) is 39.5 Å². The molecule has 1 aliphatic heterocycles. The summed E-state index contributed by atoms with van der Waals surface area (Å²) in [5.74, 6) is -6.33. The number of nitrogens with two attached hydrogens (primary N) is 1. The number of likely N-dealkylation sites (tertiary alicyclic amines) is 1. The van der Waals surface area contributed by atoms with Crippen molar-refractivity contribution in [2.45, 2.75) is 135 Å². The molecule has 3 atom stereocenters. The van der Waals surface area contributed by atoms with Gasteiger partial charge in [0.05, 0.1) is 6.04 Å². The summed E-state index contributed by atoms with van der Waals surface area (Å²) in [6.45, 7) is 9.47. The molecule has 0 aromatic carbocycles. The number of hydrogen-bond acceptors (Lipinski definition) is 6. The summed E-state index contributed by atoms with van der Waals surface area (Å²) in [5.41, 5.74) is 4.36. The molecule has 3 rings (SSSR count). The Bertz CT molecular complexity index is 940. The SMILES string of the molecule is CC(C)(C)OC(=O)N[C@H](C(=O)N1CCC[C@H]1C(=O)NC(CC1CCC1)C(=O)C(N)=O)C1CCC(F)(F)CC1.CCC. The smallest absolute Gasteiger partial charge is 0.408 e. The first-order chi connectivity index (χ1) is 19.1. The first-order valence-electron chi connectivity index (χ1n) is 14.9. The summed E-state index contributed by atoms with van der Waals surface area (Å²) >= 11 is 0. The van der Waals surface area contributed by atoms with E-state index in [2.05, 4.69) is 24.5 Å². The Balaban J connectivity index is 0.00000187. The maximum atomic E-state index is 13.8. The van der Waals surface area contributed by atoms with Gasteiger partial charge in [0, 0.05) is 19.4 Å². The Morgan fingerprint density at radius 3 is 2.05 bits per heavy atom. The maximum absolute atomic E-state index is 13.8. The minimum Gasteiger partial charge on any atom is -0.444 e. The van der Waals surface area contributed by atoms with Crippen molar-refractivity contribution in [1.29, 1.82) is 0 Å². The Morgan fingerprint density at radius 2 is 1.56 bits per heavy atom. The molecule has 12 heteroatoms. The number of hydrogen-bond donors (Lipinski definition) is 3. The summed E-state index contributed by atoms with van der Waals surface area (Å²) in [4.78, 5) is 64.9. The molecular weight excluding hydrogens is 538 g/mol. The van der Waals surface area contributed by atoms with Crippen molar-refractivity contribution in [1.82, 2.24) is 15.5 Å². The van der Waals surface area contributed by atoms with E-state index in [9.17, 15) is 32.8 Å². The highest BCUT2D eigenvalue weighted by Gasteiger charge is 2.45. The second-order valence-corrected chi connectivity index (χ2v) is 12.5. The molecule has 0 radical (unpaired) electrons. The number of alkyl halides is 2. The average Bonchev–Trinajstić information content (AvgIpc) is 3.33. The van der Waals surface area contributed by atoms with Crippen LogP contribution in [-0.2, 0) is 23.9 Å². The zero-order chi connectivity index (χ0) is 31.0. The van der Waals surface area contributed by atoms with Crippen LogP contribution in [0.25, 0.3) is 0 Å². The average molecular weight is 587 g/mol. The molecule has 10 nitrogen and oxygen atoms in total. The van der Waals surface area contributed by atoms with Gasteiger partial charge in [0.2, 0.25) is 23.5 Å². The number of halogens is 2. The highest BCUT2D eigenvalue weighted by Crippen LogP contribution is 2.38. The third-order valence-electron chi connectivity index (χ3n) is 7.68. The van der Waals surface area contributed by atoms with Crippen molar-refractivity contribution in [3.8, 4) is 0 Å². The van der Waals surface area contributed by atoms with Crippen molar-refractivity contribution < 1.29 is 37.5 Å². The van der Waals surface area contributed by atoms with E-state index in [-0.39, 0.29) is 25.3 Å². The van der Waals surface area contributed by atoms with Crippen molar-refractivity contribution in [3.05, 3.63) is 0 Å². The fraction of sp³-hybridized carbons (Fsp3) is 0.828. The predicted octanol–water partition coefficient (Wildman–Crippen LogP) is 3.84. The molecule has 41 heavy (non-hydrogen) atoms. The number of nitrogens with zero attached hydrogens (tertiary/aromatic N) is 1. The number of rotatable bonds is 9. The number of nitrogens with one attached hydrogen (secondary N) is 2. The van der Waals surface area contributed by atoms with Crippen molar-refractivity contribution in [2.75, 3.05) is 6.54 Å². The summed E-state index contributed by atoms with van der Waals surface area (Å²) in [5, 5.41) is 5.21. The van der Waals surface area contributed by atoms with Gasteiger partial charge in [-0.05, 0) is 64.7 Å². The number of Topliss-reactive ketones (excluding diaryl/α,β-unsaturated/α-hetero) is 1. The van der Waals surface area contributed by atoms with Crippen molar-refractivity contribution in [2.24, 2.45) is 17.6 Å². The monoisotopic (exact) mass is 586 g/mol. The molecule has 3 aliphatic rings. The molecular formula is C29H48F2N4O6. The molecule has 4 N–H and O–H groups in total. The van der Waals surface area contributed by atoms with E-state index in [0.717, 1.165) is 19.3 Å². The van der Waals surface area contributed by atoms with E-state index >= 15 is 0 Å². The van der Waals surface area contributed by atoms with Gasteiger partial charge in [-0.3, -0.25) is 19.2 Å². The lowest BCUT2D eigenvalue weighted by atomic mass is 9.80. The molecule has 234 valence electrons. The lowest BCUT2D eigenvalue weighted by Crippen LogP contribution is -2.58. The molecule has 0 bridgehead atoms. The summed E-state index contributed by atoms with van der Waals surface area (Å²) < 4.78 is 33.0. The number of ketones is 1. The molecule has 2 saturated carbocycles. The second kappa shape index (κ2) is 14.9. The molecule has 2 aliphatic carbocycles. The van der Waals surface area contributed by atoms with Crippen LogP contribution in [0.1, 0.15) is 105 Å². The van der Waals surface area contributed by atoms with Gasteiger partial charge in [0.1, 0.15) is 17.7 Å². The lowest BCUT2D eigenvalue weighted by molar-refractivity contribution is -0.143. The highest BCUT2D eigenvalue weighted by atomic mass is 19.3. The van der Waals surface area contributed by atoms with Crippen LogP contribution in [-0.4, -0.2) is 70.7 Å². The third-order valence-corrected chi connectivity index (χ3v) is 7.68. The van der Waals surface area contributed by atoms with Gasteiger partial charge in [0.15, 0.2) is 0 Å². The Labute approximate surface area is 241 Å². The number of primary amides is 1. The van der Waals surface area contributed by atoms with Crippen molar-refractivity contribution in [3.63, 3.8) is 0 Å². The van der Waals surface area contributed by atoms with Crippen LogP contribution < -0.4 is 16.4 Å². The molecule has 0 spiro atoms. The van der Waals surface area contributed by atoms with Gasteiger partial charge in [-0.15, -0.1) is 0 Å². The quantitative estimate of drug-likeness (QED) is 0.350. The van der Waals surface area contributed by atoms with Crippen LogP contribution in [0, 0.1) is 11.8 Å². The normalized spacial score (nSPS) is 22.3. The number of ether oxygens (including phenoxy) is 1. The maximum Gasteiger partial charge on any atom is 0.408 e. The standard InChI is InChI=1S/C26H40F2N4O6.C3H8/c1-25(2,3)38-24(37)31-19(16-9-11-26(27,28)12-10-16)23(36)32-13-5-8-18(32)22(35)30-17(20(33)21(29)34)14-15-6-4-7-15;1-3-2/h15-19H,4-14H2,1-3H3,(H2,29,34)(H,30,35)(H,31,37);3H2,1-2H3/t17?,18-,19-;/m0./s1. The topological polar surface area (TPSA) is 148 Å². The fourth-order valence-electron chi connectivity index (χ4n) is 5.43. The first-order valence-corrected chi connectivity index (χ1v) is 14.9. The largest absolute Gasteiger partial charge is 0.444 e. The van der Waals surface area contributed by atoms with E-state index in [4.69, 9.17) is 10.5 Å². The third kappa shape index (κ3) is 10.5. The van der Waals surface area contributed by atoms with E-state index in [0.29, 0.717) is 19.3 Å². The van der Waals surface area contributed by atoms with Crippen LogP contribution in [0.5, 0.6) is 0 Å². The van der Waals surface area contributed by atoms with E-state index < -0.39 is 78.0 Å². The van der Waals surface area contributed by atoms with Crippen LogP contribution >= 0.6 is 0 Å². The van der Waals surface area contributed by atoms with Gasteiger partial charge in [-0.25, -0.2) is 13.6 Å². The van der Waals surface area contributed by atoms with E-state index in [1.807, 2.05) is 0 Å². The lowest BCUT2D eigenvalue weighted by Gasteiger charge is -2.37. The molecule has 0 aromatic rings. The van der Waals surface area contributed by atoms with Gasteiger partial charge < -0.3 is 26.0 Å². The molecule has 1 heterocycles. The van der Waals surface area contributed by atoms with E-state index in [1.54, 1.807) is 20.8 Å². The molecule has 1 saturated heterocycles. The molecule has 3 fully saturated rings. The molecule has 1 unspecified atom stereocenters. The van der Waals surface area contributed by atoms with Gasteiger partial charge in [0.25, 0.3) is 5.91 Å². The summed E-state index contributed by atoms with van der Waals surface area (Å²) in [6.07, 6.45) is 3.58. The zero-order valence-corrected chi connectivity index (χ0v) is 25.1. The fourth-order valence-corrected chi connectivity index (χ4v) is 5.43. The molecule has 0 aromatic heterocycles. The van der Waals surface area contributed by atoms with Crippen LogP contribution in [0.3, 0.4) is 0 Å². The van der Waals surface area contributed by atoms with Gasteiger partial charge in [-0.2, -0.15) is 0 Å². The van der Waals surface area contributed by atoms with E-state index in [1.165, 1.54) is 11.3 Å². The van der Waals surface area contributed by atoms with Crippen LogP contribution in [0.2, 0.25) is 0 Å². The minimum atomic E-state index is -2.82. The number of carbonyl (C=O) groups excluding carboxylic acids is 5. The van der Waals surface area contributed by atoms with Gasteiger partial charge >= 0.3 is 6.09 Å². The first kappa shape index (κ1) is 34.4. The highest BCUT2D eigenvalue weighted by molar-refractivity contribution is 6.37. The Kier molecular flexibility index (Phi) is 12.5. The van der Waals surface area contributed by atoms with Crippen LogP contribution in [0.15, 0.2) is 0 Å². The Hall–Kier alpha value is -2.79. The summed E-state index contributed by atoms with van der Waals surface area (Å²) in [6, 6.07) is -3.15. The number of alkyl carbamates (subject to hydrolysis) is 1. The predicted molar refractivity (Wildman–Crippen MR) is 149 cm³/mol. The number of carbonyl (C=O) groups is 5. The zero-order valence-electron chi connectivity index (χ0n) is 25.1. The second-order valence-electron chi connectivity index (χ2n) is 12.5. The van der Waals surface area contributed by atoms with Crippen LogP contribution in [0.4, 0.5) is 13.6 Å². The Morgan fingerprint density at radius 1 is 0.976 bits per heavy atom.